The van der Waals surface area contributed by atoms with Crippen molar-refractivity contribution in [2.45, 2.75) is 31.8 Å². The quantitative estimate of drug-likeness (QED) is 0.807. The first-order valence-corrected chi connectivity index (χ1v) is 7.63. The Morgan fingerprint density at radius 2 is 2.00 bits per heavy atom. The zero-order chi connectivity index (χ0) is 14.6. The molecule has 1 aromatic rings. The second kappa shape index (κ2) is 6.36. The van der Waals surface area contributed by atoms with E-state index in [0.29, 0.717) is 24.4 Å². The molecule has 0 atom stereocenters. The minimum atomic E-state index is -3.49. The van der Waals surface area contributed by atoms with Gasteiger partial charge < -0.3 is 10.5 Å². The normalized spacial score (nSPS) is 12.3. The summed E-state index contributed by atoms with van der Waals surface area (Å²) in [7, 11) is -1.94. The van der Waals surface area contributed by atoms with Crippen molar-refractivity contribution in [3.8, 4) is 0 Å². The van der Waals surface area contributed by atoms with E-state index in [9.17, 15) is 8.42 Å². The fraction of sp³-hybridized carbons (Fsp3) is 0.538. The number of hydrogen-bond acceptors (Lipinski definition) is 4. The highest BCUT2D eigenvalue weighted by molar-refractivity contribution is 7.89. The van der Waals surface area contributed by atoms with Gasteiger partial charge in [0, 0.05) is 19.3 Å². The van der Waals surface area contributed by atoms with Crippen LogP contribution in [0.1, 0.15) is 19.4 Å². The van der Waals surface area contributed by atoms with Gasteiger partial charge in [0.2, 0.25) is 10.0 Å². The van der Waals surface area contributed by atoms with E-state index in [1.54, 1.807) is 32.2 Å². The Hall–Kier alpha value is -1.11. The molecule has 1 aromatic carbocycles. The summed E-state index contributed by atoms with van der Waals surface area (Å²) in [4.78, 5) is 0.286. The van der Waals surface area contributed by atoms with Gasteiger partial charge in [0.25, 0.3) is 0 Å². The van der Waals surface area contributed by atoms with Crippen LogP contribution in [0, 0.1) is 6.92 Å². The van der Waals surface area contributed by atoms with E-state index in [1.807, 2.05) is 13.8 Å². The number of likely N-dealkylation sites (N-methyl/N-ethyl adjacent to an activating group) is 1. The highest BCUT2D eigenvalue weighted by Gasteiger charge is 2.22. The van der Waals surface area contributed by atoms with E-state index < -0.39 is 10.0 Å². The van der Waals surface area contributed by atoms with Crippen LogP contribution in [0.2, 0.25) is 0 Å². The second-order valence-corrected chi connectivity index (χ2v) is 6.78. The molecule has 6 heteroatoms. The number of sulfonamides is 1. The molecule has 1 rings (SSSR count). The van der Waals surface area contributed by atoms with Crippen LogP contribution in [0.3, 0.4) is 0 Å². The monoisotopic (exact) mass is 286 g/mol. The molecule has 0 aliphatic heterocycles. The molecule has 2 N–H and O–H groups in total. The van der Waals surface area contributed by atoms with Crippen molar-refractivity contribution in [1.29, 1.82) is 0 Å². The minimum Gasteiger partial charge on any atom is -0.399 e. The van der Waals surface area contributed by atoms with Crippen molar-refractivity contribution < 1.29 is 13.2 Å². The number of ether oxygens (including phenoxy) is 1. The molecule has 19 heavy (non-hydrogen) atoms. The molecular formula is C13H22N2O3S. The molecule has 0 saturated carbocycles. The average Bonchev–Trinajstić information content (AvgIpc) is 2.27. The van der Waals surface area contributed by atoms with Gasteiger partial charge in [0.05, 0.1) is 17.6 Å². The van der Waals surface area contributed by atoms with E-state index in [1.165, 1.54) is 4.31 Å². The van der Waals surface area contributed by atoms with Crippen molar-refractivity contribution >= 4 is 15.7 Å². The Bertz CT molecular complexity index is 527. The summed E-state index contributed by atoms with van der Waals surface area (Å²) in [6, 6.07) is 4.80. The Balaban J connectivity index is 2.85. The SMILES string of the molecule is Cc1cc(N)ccc1S(=O)(=O)N(C)CCOC(C)C. The molecule has 0 amide bonds. The summed E-state index contributed by atoms with van der Waals surface area (Å²) in [5.41, 5.74) is 6.84. The number of nitrogen functional groups attached to an aromatic ring is 1. The molecular weight excluding hydrogens is 264 g/mol. The topological polar surface area (TPSA) is 72.6 Å². The summed E-state index contributed by atoms with van der Waals surface area (Å²) < 4.78 is 31.4. The predicted molar refractivity (Wildman–Crippen MR) is 76.5 cm³/mol. The summed E-state index contributed by atoms with van der Waals surface area (Å²) in [5.74, 6) is 0. The third-order valence-electron chi connectivity index (χ3n) is 2.74. The molecule has 0 saturated heterocycles. The highest BCUT2D eigenvalue weighted by Crippen LogP contribution is 2.20. The van der Waals surface area contributed by atoms with Gasteiger partial charge in [0.15, 0.2) is 0 Å². The largest absolute Gasteiger partial charge is 0.399 e. The van der Waals surface area contributed by atoms with Gasteiger partial charge in [-0.1, -0.05) is 0 Å². The third-order valence-corrected chi connectivity index (χ3v) is 4.76. The summed E-state index contributed by atoms with van der Waals surface area (Å²) in [6.45, 7) is 6.27. The van der Waals surface area contributed by atoms with Crippen LogP contribution in [0.25, 0.3) is 0 Å². The molecule has 108 valence electrons. The fourth-order valence-electron chi connectivity index (χ4n) is 1.67. The van der Waals surface area contributed by atoms with Crippen LogP contribution in [-0.4, -0.2) is 39.0 Å². The molecule has 0 aliphatic rings. The Kier molecular flexibility index (Phi) is 5.34. The lowest BCUT2D eigenvalue weighted by Crippen LogP contribution is -2.31. The maximum absolute atomic E-state index is 12.4. The van der Waals surface area contributed by atoms with Gasteiger partial charge in [-0.2, -0.15) is 4.31 Å². The molecule has 0 fully saturated rings. The van der Waals surface area contributed by atoms with E-state index in [-0.39, 0.29) is 11.0 Å². The van der Waals surface area contributed by atoms with Gasteiger partial charge in [-0.25, -0.2) is 8.42 Å². The van der Waals surface area contributed by atoms with Gasteiger partial charge in [-0.05, 0) is 44.5 Å². The molecule has 0 heterocycles. The predicted octanol–water partition coefficient (Wildman–Crippen LogP) is 1.62. The van der Waals surface area contributed by atoms with Gasteiger partial charge in [-0.3, -0.25) is 0 Å². The van der Waals surface area contributed by atoms with Crippen LogP contribution in [0.15, 0.2) is 23.1 Å². The maximum Gasteiger partial charge on any atom is 0.243 e. The smallest absolute Gasteiger partial charge is 0.243 e. The molecule has 0 bridgehead atoms. The van der Waals surface area contributed by atoms with Crippen LogP contribution < -0.4 is 5.73 Å². The van der Waals surface area contributed by atoms with E-state index in [0.717, 1.165) is 0 Å². The van der Waals surface area contributed by atoms with Gasteiger partial charge >= 0.3 is 0 Å². The third kappa shape index (κ3) is 4.19. The van der Waals surface area contributed by atoms with Crippen LogP contribution in [0.4, 0.5) is 5.69 Å². The van der Waals surface area contributed by atoms with Crippen LogP contribution in [-0.2, 0) is 14.8 Å². The number of anilines is 1. The lowest BCUT2D eigenvalue weighted by Gasteiger charge is -2.19. The minimum absolute atomic E-state index is 0.0920. The first-order chi connectivity index (χ1) is 8.75. The molecule has 5 nitrogen and oxygen atoms in total. The highest BCUT2D eigenvalue weighted by atomic mass is 32.2. The van der Waals surface area contributed by atoms with Gasteiger partial charge in [-0.15, -0.1) is 0 Å². The van der Waals surface area contributed by atoms with Gasteiger partial charge in [0.1, 0.15) is 0 Å². The van der Waals surface area contributed by atoms with Crippen LogP contribution in [0.5, 0.6) is 0 Å². The fourth-order valence-corrected chi connectivity index (χ4v) is 3.02. The van der Waals surface area contributed by atoms with E-state index in [2.05, 4.69) is 0 Å². The standard InChI is InChI=1S/C13H22N2O3S/c1-10(2)18-8-7-15(4)19(16,17)13-6-5-12(14)9-11(13)3/h5-6,9-10H,7-8,14H2,1-4H3. The number of nitrogens with zero attached hydrogens (tertiary/aromatic N) is 1. The van der Waals surface area contributed by atoms with E-state index in [4.69, 9.17) is 10.5 Å². The Morgan fingerprint density at radius 3 is 2.53 bits per heavy atom. The number of rotatable bonds is 6. The van der Waals surface area contributed by atoms with Crippen molar-refractivity contribution in [3.05, 3.63) is 23.8 Å². The summed E-state index contributed by atoms with van der Waals surface area (Å²) >= 11 is 0. The van der Waals surface area contributed by atoms with Crippen molar-refractivity contribution in [2.24, 2.45) is 0 Å². The average molecular weight is 286 g/mol. The lowest BCUT2D eigenvalue weighted by atomic mass is 10.2. The second-order valence-electron chi connectivity index (χ2n) is 4.77. The summed E-state index contributed by atoms with van der Waals surface area (Å²) in [6.07, 6.45) is 0.0920. The molecule has 0 spiro atoms. The Labute approximate surface area is 115 Å². The number of hydrogen-bond donors (Lipinski definition) is 1. The van der Waals surface area contributed by atoms with Crippen molar-refractivity contribution in [2.75, 3.05) is 25.9 Å². The molecule has 0 aliphatic carbocycles. The first kappa shape index (κ1) is 15.9. The number of nitrogens with two attached hydrogens (primary N) is 1. The first-order valence-electron chi connectivity index (χ1n) is 6.19. The summed E-state index contributed by atoms with van der Waals surface area (Å²) in [5, 5.41) is 0. The maximum atomic E-state index is 12.4. The van der Waals surface area contributed by atoms with Crippen molar-refractivity contribution in [3.63, 3.8) is 0 Å². The zero-order valence-electron chi connectivity index (χ0n) is 11.9. The number of benzene rings is 1. The molecule has 0 aromatic heterocycles. The van der Waals surface area contributed by atoms with Crippen LogP contribution >= 0.6 is 0 Å². The Morgan fingerprint density at radius 1 is 1.37 bits per heavy atom. The lowest BCUT2D eigenvalue weighted by molar-refractivity contribution is 0.0737. The number of aryl methyl sites for hydroxylation is 1. The van der Waals surface area contributed by atoms with Crippen molar-refractivity contribution in [1.82, 2.24) is 4.31 Å². The molecule has 0 radical (unpaired) electrons. The van der Waals surface area contributed by atoms with E-state index >= 15 is 0 Å². The zero-order valence-corrected chi connectivity index (χ0v) is 12.7. The molecule has 0 unspecified atom stereocenters.